The van der Waals surface area contributed by atoms with Gasteiger partial charge in [-0.25, -0.2) is 5.43 Å². The molecule has 2 aromatic carbocycles. The van der Waals surface area contributed by atoms with Gasteiger partial charge >= 0.3 is 0 Å². The molecule has 0 aromatic heterocycles. The van der Waals surface area contributed by atoms with E-state index in [-0.39, 0.29) is 12.0 Å². The highest BCUT2D eigenvalue weighted by Crippen LogP contribution is 2.18. The molecule has 0 aliphatic carbocycles. The minimum absolute atomic E-state index is 0.126. The minimum atomic E-state index is -0.261. The molecule has 2 aromatic rings. The molecule has 5 heteroatoms. The molecule has 1 atom stereocenters. The van der Waals surface area contributed by atoms with Crippen LogP contribution in [0.15, 0.2) is 58.1 Å². The summed E-state index contributed by atoms with van der Waals surface area (Å²) in [7, 11) is 0. The summed E-state index contributed by atoms with van der Waals surface area (Å²) in [6.45, 7) is 4.09. The van der Waals surface area contributed by atoms with Gasteiger partial charge in [0.05, 0.1) is 12.3 Å². The quantitative estimate of drug-likeness (QED) is 0.601. The second kappa shape index (κ2) is 8.48. The molecule has 0 heterocycles. The molecule has 0 spiro atoms. The van der Waals surface area contributed by atoms with Crippen LogP contribution in [-0.4, -0.2) is 18.2 Å². The van der Waals surface area contributed by atoms with Crippen molar-refractivity contribution in [1.29, 1.82) is 0 Å². The zero-order valence-electron chi connectivity index (χ0n) is 13.1. The van der Waals surface area contributed by atoms with Crippen LogP contribution in [-0.2, 0) is 0 Å². The van der Waals surface area contributed by atoms with Gasteiger partial charge < -0.3 is 4.74 Å². The fourth-order valence-corrected chi connectivity index (χ4v) is 2.25. The lowest BCUT2D eigenvalue weighted by Crippen LogP contribution is -2.17. The van der Waals surface area contributed by atoms with Gasteiger partial charge in [0.25, 0.3) is 5.91 Å². The molecule has 2 rings (SSSR count). The van der Waals surface area contributed by atoms with Crippen LogP contribution >= 0.6 is 15.9 Å². The standard InChI is InChI=1S/C18H19BrN2O2/c1-3-13(2)23-17-10-5-4-7-15(17)12-20-21-18(22)14-8-6-9-16(19)11-14/h4-13H,3H2,1-2H3,(H,21,22)/b20-12-/t13-/m1/s1. The maximum atomic E-state index is 12.0. The average molecular weight is 375 g/mol. The van der Waals surface area contributed by atoms with Crippen molar-refractivity contribution in [3.63, 3.8) is 0 Å². The highest BCUT2D eigenvalue weighted by Gasteiger charge is 2.06. The van der Waals surface area contributed by atoms with E-state index in [9.17, 15) is 4.79 Å². The summed E-state index contributed by atoms with van der Waals surface area (Å²) in [5.74, 6) is 0.491. The Morgan fingerprint density at radius 1 is 1.30 bits per heavy atom. The van der Waals surface area contributed by atoms with Crippen molar-refractivity contribution >= 4 is 28.1 Å². The third-order valence-electron chi connectivity index (χ3n) is 3.28. The second-order valence-corrected chi connectivity index (χ2v) is 6.00. The van der Waals surface area contributed by atoms with Crippen LogP contribution in [0.2, 0.25) is 0 Å². The summed E-state index contributed by atoms with van der Waals surface area (Å²) in [4.78, 5) is 12.0. The Balaban J connectivity index is 2.04. The Kier molecular flexibility index (Phi) is 6.35. The highest BCUT2D eigenvalue weighted by atomic mass is 79.9. The van der Waals surface area contributed by atoms with Crippen LogP contribution in [0.3, 0.4) is 0 Å². The molecule has 0 aliphatic rings. The number of halogens is 1. The van der Waals surface area contributed by atoms with E-state index in [0.717, 1.165) is 22.2 Å². The molecular weight excluding hydrogens is 356 g/mol. The number of hydrogen-bond donors (Lipinski definition) is 1. The summed E-state index contributed by atoms with van der Waals surface area (Å²) in [6.07, 6.45) is 2.64. The lowest BCUT2D eigenvalue weighted by Gasteiger charge is -2.14. The first-order valence-electron chi connectivity index (χ1n) is 7.44. The predicted octanol–water partition coefficient (Wildman–Crippen LogP) is 4.39. The van der Waals surface area contributed by atoms with Crippen LogP contribution in [0.1, 0.15) is 36.2 Å². The highest BCUT2D eigenvalue weighted by molar-refractivity contribution is 9.10. The number of para-hydroxylation sites is 1. The van der Waals surface area contributed by atoms with Gasteiger partial charge in [-0.2, -0.15) is 5.10 Å². The number of hydrazone groups is 1. The molecule has 0 saturated heterocycles. The number of amides is 1. The Labute approximate surface area is 144 Å². The first-order chi connectivity index (χ1) is 11.1. The van der Waals surface area contributed by atoms with Crippen molar-refractivity contribution in [2.24, 2.45) is 5.10 Å². The maximum absolute atomic E-state index is 12.0. The molecule has 4 nitrogen and oxygen atoms in total. The first-order valence-corrected chi connectivity index (χ1v) is 8.24. The van der Waals surface area contributed by atoms with E-state index in [1.165, 1.54) is 0 Å². The first kappa shape index (κ1) is 17.2. The zero-order valence-corrected chi connectivity index (χ0v) is 14.7. The molecule has 0 saturated carbocycles. The molecule has 0 fully saturated rings. The normalized spacial score (nSPS) is 12.1. The van der Waals surface area contributed by atoms with Gasteiger partial charge in [-0.1, -0.05) is 41.1 Å². The minimum Gasteiger partial charge on any atom is -0.490 e. The fourth-order valence-electron chi connectivity index (χ4n) is 1.85. The number of carbonyl (C=O) groups excluding carboxylic acids is 1. The smallest absolute Gasteiger partial charge is 0.271 e. The molecular formula is C18H19BrN2O2. The Morgan fingerprint density at radius 3 is 2.83 bits per heavy atom. The Morgan fingerprint density at radius 2 is 2.09 bits per heavy atom. The van der Waals surface area contributed by atoms with Crippen molar-refractivity contribution in [3.8, 4) is 5.75 Å². The number of nitrogens with one attached hydrogen (secondary N) is 1. The van der Waals surface area contributed by atoms with Crippen LogP contribution in [0.25, 0.3) is 0 Å². The number of nitrogens with zero attached hydrogens (tertiary/aromatic N) is 1. The van der Waals surface area contributed by atoms with Crippen LogP contribution in [0.5, 0.6) is 5.75 Å². The molecule has 1 amide bonds. The average Bonchev–Trinajstić information content (AvgIpc) is 2.56. The van der Waals surface area contributed by atoms with E-state index in [0.29, 0.717) is 5.56 Å². The predicted molar refractivity (Wildman–Crippen MR) is 96.0 cm³/mol. The lowest BCUT2D eigenvalue weighted by atomic mass is 10.2. The van der Waals surface area contributed by atoms with Crippen molar-refractivity contribution in [3.05, 3.63) is 64.1 Å². The fraction of sp³-hybridized carbons (Fsp3) is 0.222. The lowest BCUT2D eigenvalue weighted by molar-refractivity contribution is 0.0955. The van der Waals surface area contributed by atoms with E-state index in [1.54, 1.807) is 24.4 Å². The van der Waals surface area contributed by atoms with E-state index >= 15 is 0 Å². The number of ether oxygens (including phenoxy) is 1. The monoisotopic (exact) mass is 374 g/mol. The van der Waals surface area contributed by atoms with Crippen molar-refractivity contribution in [2.45, 2.75) is 26.4 Å². The van der Waals surface area contributed by atoms with E-state index < -0.39 is 0 Å². The molecule has 0 aliphatic heterocycles. The SMILES string of the molecule is CC[C@@H](C)Oc1ccccc1/C=N\NC(=O)c1cccc(Br)c1. The van der Waals surface area contributed by atoms with Gasteiger partial charge in [-0.3, -0.25) is 4.79 Å². The van der Waals surface area contributed by atoms with Crippen molar-refractivity contribution in [2.75, 3.05) is 0 Å². The van der Waals surface area contributed by atoms with Crippen LogP contribution < -0.4 is 10.2 Å². The number of carbonyl (C=O) groups is 1. The Bertz CT molecular complexity index is 701. The van der Waals surface area contributed by atoms with E-state index in [2.05, 4.69) is 33.4 Å². The third-order valence-corrected chi connectivity index (χ3v) is 3.77. The zero-order chi connectivity index (χ0) is 16.7. The molecule has 23 heavy (non-hydrogen) atoms. The van der Waals surface area contributed by atoms with Gasteiger partial charge in [-0.05, 0) is 43.7 Å². The summed E-state index contributed by atoms with van der Waals surface area (Å²) in [6, 6.07) is 14.7. The van der Waals surface area contributed by atoms with E-state index in [4.69, 9.17) is 4.74 Å². The maximum Gasteiger partial charge on any atom is 0.271 e. The van der Waals surface area contributed by atoms with Crippen molar-refractivity contribution < 1.29 is 9.53 Å². The van der Waals surface area contributed by atoms with Gasteiger partial charge in [0, 0.05) is 15.6 Å². The molecule has 120 valence electrons. The largest absolute Gasteiger partial charge is 0.490 e. The van der Waals surface area contributed by atoms with Crippen LogP contribution in [0, 0.1) is 0 Å². The third kappa shape index (κ3) is 5.21. The van der Waals surface area contributed by atoms with E-state index in [1.807, 2.05) is 37.3 Å². The van der Waals surface area contributed by atoms with Gasteiger partial charge in [0.2, 0.25) is 0 Å². The topological polar surface area (TPSA) is 50.7 Å². The van der Waals surface area contributed by atoms with Crippen LogP contribution in [0.4, 0.5) is 0 Å². The summed E-state index contributed by atoms with van der Waals surface area (Å²) < 4.78 is 6.69. The summed E-state index contributed by atoms with van der Waals surface area (Å²) in [5, 5.41) is 4.02. The molecule has 0 radical (unpaired) electrons. The number of rotatable bonds is 6. The summed E-state index contributed by atoms with van der Waals surface area (Å²) in [5.41, 5.74) is 3.89. The second-order valence-electron chi connectivity index (χ2n) is 5.08. The van der Waals surface area contributed by atoms with Gasteiger partial charge in [-0.15, -0.1) is 0 Å². The molecule has 1 N–H and O–H groups in total. The Hall–Kier alpha value is -2.14. The molecule has 0 unspecified atom stereocenters. The van der Waals surface area contributed by atoms with Crippen molar-refractivity contribution in [1.82, 2.24) is 5.43 Å². The number of hydrogen-bond acceptors (Lipinski definition) is 3. The van der Waals surface area contributed by atoms with Gasteiger partial charge in [0.1, 0.15) is 5.75 Å². The van der Waals surface area contributed by atoms with Gasteiger partial charge in [0.15, 0.2) is 0 Å². The number of benzene rings is 2. The summed E-state index contributed by atoms with van der Waals surface area (Å²) >= 11 is 3.34. The molecule has 0 bridgehead atoms.